The van der Waals surface area contributed by atoms with Crippen molar-refractivity contribution in [1.82, 2.24) is 9.21 Å². The molecule has 1 aromatic rings. The fourth-order valence-electron chi connectivity index (χ4n) is 2.21. The quantitative estimate of drug-likeness (QED) is 0.826. The predicted octanol–water partition coefficient (Wildman–Crippen LogP) is 1.44. The minimum Gasteiger partial charge on any atom is -0.406 e. The van der Waals surface area contributed by atoms with E-state index in [9.17, 15) is 26.4 Å². The van der Waals surface area contributed by atoms with Gasteiger partial charge in [-0.2, -0.15) is 4.31 Å². The number of carbonyl (C=O) groups excluding carboxylic acids is 1. The monoisotopic (exact) mass is 352 g/mol. The standard InChI is InChI=1S/C13H15F3N2O4S/c1-10(19)17-6-8-18(9-7-17)23(20,21)12-4-2-11(3-5-12)22-13(14,15)16/h2-5H,6-9H2,1H3. The van der Waals surface area contributed by atoms with Crippen LogP contribution in [0, 0.1) is 0 Å². The molecule has 6 nitrogen and oxygen atoms in total. The summed E-state index contributed by atoms with van der Waals surface area (Å²) in [6.45, 7) is 2.25. The third-order valence-corrected chi connectivity index (χ3v) is 5.29. The number of hydrogen-bond donors (Lipinski definition) is 0. The molecule has 1 amide bonds. The molecule has 0 aromatic heterocycles. The molecule has 0 N–H and O–H groups in total. The smallest absolute Gasteiger partial charge is 0.406 e. The number of sulfonamides is 1. The summed E-state index contributed by atoms with van der Waals surface area (Å²) in [7, 11) is -3.81. The number of benzene rings is 1. The van der Waals surface area contributed by atoms with E-state index in [4.69, 9.17) is 0 Å². The van der Waals surface area contributed by atoms with Gasteiger partial charge in [-0.05, 0) is 24.3 Å². The molecule has 1 heterocycles. The molecule has 0 atom stereocenters. The maximum atomic E-state index is 12.4. The van der Waals surface area contributed by atoms with E-state index in [1.807, 2.05) is 0 Å². The summed E-state index contributed by atoms with van der Waals surface area (Å²) < 4.78 is 66.0. The summed E-state index contributed by atoms with van der Waals surface area (Å²) in [6, 6.07) is 4.03. The Morgan fingerprint density at radius 2 is 1.61 bits per heavy atom. The van der Waals surface area contributed by atoms with E-state index in [1.54, 1.807) is 0 Å². The summed E-state index contributed by atoms with van der Waals surface area (Å²) in [5.74, 6) is -0.617. The average Bonchev–Trinajstić information content (AvgIpc) is 2.46. The maximum absolute atomic E-state index is 12.4. The van der Waals surface area contributed by atoms with Crippen LogP contribution in [0.3, 0.4) is 0 Å². The molecule has 0 aliphatic carbocycles. The Labute approximate surface area is 131 Å². The number of carbonyl (C=O) groups is 1. The molecule has 0 unspecified atom stereocenters. The molecule has 23 heavy (non-hydrogen) atoms. The molecule has 0 spiro atoms. The summed E-state index contributed by atoms with van der Waals surface area (Å²) in [6.07, 6.45) is -4.83. The van der Waals surface area contributed by atoms with Crippen LogP contribution in [-0.2, 0) is 14.8 Å². The van der Waals surface area contributed by atoms with Crippen molar-refractivity contribution in [2.75, 3.05) is 26.2 Å². The van der Waals surface area contributed by atoms with Crippen LogP contribution in [-0.4, -0.2) is 56.1 Å². The van der Waals surface area contributed by atoms with Gasteiger partial charge >= 0.3 is 6.36 Å². The number of hydrogen-bond acceptors (Lipinski definition) is 4. The summed E-state index contributed by atoms with van der Waals surface area (Å²) in [5.41, 5.74) is 0. The predicted molar refractivity (Wildman–Crippen MR) is 74.1 cm³/mol. The number of piperazine rings is 1. The van der Waals surface area contributed by atoms with E-state index in [1.165, 1.54) is 16.1 Å². The van der Waals surface area contributed by atoms with E-state index in [0.29, 0.717) is 0 Å². The largest absolute Gasteiger partial charge is 0.573 e. The summed E-state index contributed by atoms with van der Waals surface area (Å²) in [4.78, 5) is 12.6. The Kier molecular flexibility index (Phi) is 4.85. The lowest BCUT2D eigenvalue weighted by Crippen LogP contribution is -2.49. The van der Waals surface area contributed by atoms with Crippen LogP contribution in [0.1, 0.15) is 6.92 Å². The molecule has 0 saturated carbocycles. The van der Waals surface area contributed by atoms with E-state index in [0.717, 1.165) is 24.3 Å². The molecular weight excluding hydrogens is 337 g/mol. The van der Waals surface area contributed by atoms with E-state index in [2.05, 4.69) is 4.74 Å². The van der Waals surface area contributed by atoms with Crippen molar-refractivity contribution in [2.24, 2.45) is 0 Å². The Bertz CT molecular complexity index is 665. The van der Waals surface area contributed by atoms with Crippen molar-refractivity contribution < 1.29 is 31.1 Å². The maximum Gasteiger partial charge on any atom is 0.573 e. The zero-order chi connectivity index (χ0) is 17.3. The van der Waals surface area contributed by atoms with Gasteiger partial charge < -0.3 is 9.64 Å². The van der Waals surface area contributed by atoms with Crippen molar-refractivity contribution in [1.29, 1.82) is 0 Å². The molecule has 128 valence electrons. The zero-order valence-electron chi connectivity index (χ0n) is 12.2. The van der Waals surface area contributed by atoms with Crippen molar-refractivity contribution in [3.63, 3.8) is 0 Å². The SMILES string of the molecule is CC(=O)N1CCN(S(=O)(=O)c2ccc(OC(F)(F)F)cc2)CC1. The lowest BCUT2D eigenvalue weighted by atomic mass is 10.3. The average molecular weight is 352 g/mol. The van der Waals surface area contributed by atoms with Crippen LogP contribution in [0.4, 0.5) is 13.2 Å². The molecule has 0 bridgehead atoms. The molecule has 1 aliphatic rings. The van der Waals surface area contributed by atoms with Crippen LogP contribution in [0.2, 0.25) is 0 Å². The number of alkyl halides is 3. The highest BCUT2D eigenvalue weighted by atomic mass is 32.2. The van der Waals surface area contributed by atoms with Gasteiger partial charge in [0.15, 0.2) is 0 Å². The number of nitrogens with zero attached hydrogens (tertiary/aromatic N) is 2. The van der Waals surface area contributed by atoms with Gasteiger partial charge in [-0.15, -0.1) is 13.2 Å². The van der Waals surface area contributed by atoms with Gasteiger partial charge in [-0.3, -0.25) is 4.79 Å². The highest BCUT2D eigenvalue weighted by Crippen LogP contribution is 2.25. The molecule has 2 rings (SSSR count). The highest BCUT2D eigenvalue weighted by molar-refractivity contribution is 7.89. The lowest BCUT2D eigenvalue weighted by Gasteiger charge is -2.33. The molecule has 1 saturated heterocycles. The first-order valence-electron chi connectivity index (χ1n) is 6.71. The Balaban J connectivity index is 2.10. The minimum absolute atomic E-state index is 0.122. The summed E-state index contributed by atoms with van der Waals surface area (Å²) >= 11 is 0. The zero-order valence-corrected chi connectivity index (χ0v) is 13.0. The summed E-state index contributed by atoms with van der Waals surface area (Å²) in [5, 5.41) is 0. The number of amides is 1. The number of rotatable bonds is 3. The third kappa shape index (κ3) is 4.35. The Morgan fingerprint density at radius 1 is 1.09 bits per heavy atom. The van der Waals surface area contributed by atoms with Crippen LogP contribution in [0.15, 0.2) is 29.2 Å². The minimum atomic E-state index is -4.83. The van der Waals surface area contributed by atoms with Crippen LogP contribution in [0.25, 0.3) is 0 Å². The van der Waals surface area contributed by atoms with E-state index < -0.39 is 22.1 Å². The highest BCUT2D eigenvalue weighted by Gasteiger charge is 2.32. The van der Waals surface area contributed by atoms with Crippen molar-refractivity contribution >= 4 is 15.9 Å². The molecule has 0 radical (unpaired) electrons. The second-order valence-corrected chi connectivity index (χ2v) is 6.87. The topological polar surface area (TPSA) is 66.9 Å². The lowest BCUT2D eigenvalue weighted by molar-refractivity contribution is -0.274. The van der Waals surface area contributed by atoms with Gasteiger partial charge in [0.05, 0.1) is 4.90 Å². The van der Waals surface area contributed by atoms with Crippen LogP contribution in [0.5, 0.6) is 5.75 Å². The number of halogens is 3. The van der Waals surface area contributed by atoms with Crippen molar-refractivity contribution in [2.45, 2.75) is 18.2 Å². The molecular formula is C13H15F3N2O4S. The number of ether oxygens (including phenoxy) is 1. The fourth-order valence-corrected chi connectivity index (χ4v) is 3.63. The molecule has 1 fully saturated rings. The first kappa shape index (κ1) is 17.5. The van der Waals surface area contributed by atoms with Gasteiger partial charge in [0.25, 0.3) is 0 Å². The third-order valence-electron chi connectivity index (χ3n) is 3.38. The molecule has 10 heteroatoms. The molecule has 1 aliphatic heterocycles. The van der Waals surface area contributed by atoms with Crippen LogP contribution >= 0.6 is 0 Å². The second kappa shape index (κ2) is 6.36. The Hall–Kier alpha value is -1.81. The Morgan fingerprint density at radius 3 is 2.04 bits per heavy atom. The van der Waals surface area contributed by atoms with Gasteiger partial charge in [0.2, 0.25) is 15.9 Å². The van der Waals surface area contributed by atoms with E-state index >= 15 is 0 Å². The van der Waals surface area contributed by atoms with Gasteiger partial charge in [0.1, 0.15) is 5.75 Å². The van der Waals surface area contributed by atoms with Gasteiger partial charge in [-0.1, -0.05) is 0 Å². The van der Waals surface area contributed by atoms with Gasteiger partial charge in [-0.25, -0.2) is 8.42 Å². The first-order chi connectivity index (χ1) is 10.6. The van der Waals surface area contributed by atoms with Gasteiger partial charge in [0, 0.05) is 33.1 Å². The van der Waals surface area contributed by atoms with Crippen molar-refractivity contribution in [3.8, 4) is 5.75 Å². The van der Waals surface area contributed by atoms with Crippen molar-refractivity contribution in [3.05, 3.63) is 24.3 Å². The van der Waals surface area contributed by atoms with E-state index in [-0.39, 0.29) is 37.0 Å². The normalized spacial score (nSPS) is 17.1. The fraction of sp³-hybridized carbons (Fsp3) is 0.462. The molecule has 1 aromatic carbocycles. The first-order valence-corrected chi connectivity index (χ1v) is 8.15. The second-order valence-electron chi connectivity index (χ2n) is 4.93. The van der Waals surface area contributed by atoms with Crippen LogP contribution < -0.4 is 4.74 Å².